The summed E-state index contributed by atoms with van der Waals surface area (Å²) in [5.74, 6) is 0. The van der Waals surface area contributed by atoms with Gasteiger partial charge in [-0.3, -0.25) is 0 Å². The second kappa shape index (κ2) is 4.85. The first kappa shape index (κ1) is 14.4. The summed E-state index contributed by atoms with van der Waals surface area (Å²) in [6.07, 6.45) is -9.40. The van der Waals surface area contributed by atoms with Gasteiger partial charge in [0.15, 0.2) is 0 Å². The minimum absolute atomic E-state index is 0.0888. The lowest BCUT2D eigenvalue weighted by Crippen LogP contribution is -2.11. The molecule has 0 bridgehead atoms. The van der Waals surface area contributed by atoms with Gasteiger partial charge in [0, 0.05) is 0 Å². The Labute approximate surface area is 110 Å². The Morgan fingerprint density at radius 2 is 1.25 bits per heavy atom. The van der Waals surface area contributed by atoms with Gasteiger partial charge in [-0.05, 0) is 29.3 Å². The van der Waals surface area contributed by atoms with Crippen molar-refractivity contribution in [3.05, 3.63) is 59.7 Å². The molecule has 0 heterocycles. The highest BCUT2D eigenvalue weighted by Crippen LogP contribution is 2.40. The zero-order chi connectivity index (χ0) is 15.0. The second-order valence-corrected chi connectivity index (χ2v) is 4.12. The molecule has 0 N–H and O–H groups in total. The van der Waals surface area contributed by atoms with Crippen molar-refractivity contribution in [1.29, 1.82) is 0 Å². The van der Waals surface area contributed by atoms with Gasteiger partial charge in [0.25, 0.3) is 0 Å². The molecular formula is C14H8F6. The Balaban J connectivity index is 2.67. The van der Waals surface area contributed by atoms with Gasteiger partial charge in [-0.15, -0.1) is 0 Å². The standard InChI is InChI=1S/C14H8F6/c15-13(16,17)10-6-7-12(14(18,19)20)11(8-10)9-4-2-1-3-5-9/h1-8H. The molecule has 0 fully saturated rings. The first-order valence-corrected chi connectivity index (χ1v) is 5.53. The van der Waals surface area contributed by atoms with E-state index in [1.807, 2.05) is 0 Å². The minimum atomic E-state index is -4.71. The number of hydrogen-bond acceptors (Lipinski definition) is 0. The van der Waals surface area contributed by atoms with Crippen molar-refractivity contribution in [3.63, 3.8) is 0 Å². The van der Waals surface area contributed by atoms with Crippen LogP contribution in [-0.4, -0.2) is 0 Å². The molecule has 0 atom stereocenters. The fourth-order valence-corrected chi connectivity index (χ4v) is 1.82. The summed E-state index contributed by atoms with van der Waals surface area (Å²) in [7, 11) is 0. The van der Waals surface area contributed by atoms with Gasteiger partial charge in [-0.1, -0.05) is 30.3 Å². The van der Waals surface area contributed by atoms with Crippen molar-refractivity contribution >= 4 is 0 Å². The molecule has 2 aromatic carbocycles. The zero-order valence-corrected chi connectivity index (χ0v) is 9.89. The average molecular weight is 290 g/mol. The van der Waals surface area contributed by atoms with Gasteiger partial charge in [-0.2, -0.15) is 26.3 Å². The molecule has 0 radical (unpaired) electrons. The maximum absolute atomic E-state index is 12.9. The maximum atomic E-state index is 12.9. The van der Waals surface area contributed by atoms with Gasteiger partial charge >= 0.3 is 12.4 Å². The smallest absolute Gasteiger partial charge is 0.166 e. The molecule has 6 heteroatoms. The molecule has 0 aliphatic rings. The highest BCUT2D eigenvalue weighted by molar-refractivity contribution is 5.69. The lowest BCUT2D eigenvalue weighted by atomic mass is 9.96. The van der Waals surface area contributed by atoms with Crippen LogP contribution >= 0.6 is 0 Å². The third-order valence-electron chi connectivity index (χ3n) is 2.74. The van der Waals surface area contributed by atoms with Gasteiger partial charge in [0.2, 0.25) is 0 Å². The van der Waals surface area contributed by atoms with Crippen LogP contribution in [0.5, 0.6) is 0 Å². The van der Waals surface area contributed by atoms with Crippen LogP contribution in [0, 0.1) is 0 Å². The average Bonchev–Trinajstić information content (AvgIpc) is 2.37. The second-order valence-electron chi connectivity index (χ2n) is 4.12. The number of benzene rings is 2. The summed E-state index contributed by atoms with van der Waals surface area (Å²) in [4.78, 5) is 0. The molecule has 0 aromatic heterocycles. The van der Waals surface area contributed by atoms with Crippen LogP contribution in [0.1, 0.15) is 11.1 Å². The van der Waals surface area contributed by atoms with Crippen LogP contribution < -0.4 is 0 Å². The van der Waals surface area contributed by atoms with Crippen molar-refractivity contribution in [3.8, 4) is 11.1 Å². The van der Waals surface area contributed by atoms with E-state index in [-0.39, 0.29) is 5.56 Å². The summed E-state index contributed by atoms with van der Waals surface area (Å²) in [5.41, 5.74) is -2.58. The molecule has 0 saturated carbocycles. The summed E-state index contributed by atoms with van der Waals surface area (Å²) in [6.45, 7) is 0. The fraction of sp³-hybridized carbons (Fsp3) is 0.143. The third kappa shape index (κ3) is 2.95. The molecule has 0 nitrogen and oxygen atoms in total. The van der Waals surface area contributed by atoms with E-state index in [4.69, 9.17) is 0 Å². The Bertz CT molecular complexity index is 595. The van der Waals surface area contributed by atoms with Crippen LogP contribution in [0.2, 0.25) is 0 Å². The van der Waals surface area contributed by atoms with Gasteiger partial charge in [0.05, 0.1) is 11.1 Å². The lowest BCUT2D eigenvalue weighted by Gasteiger charge is -2.16. The van der Waals surface area contributed by atoms with E-state index in [1.54, 1.807) is 6.07 Å². The predicted octanol–water partition coefficient (Wildman–Crippen LogP) is 5.39. The number of hydrogen-bond donors (Lipinski definition) is 0. The van der Waals surface area contributed by atoms with Crippen LogP contribution in [0.15, 0.2) is 48.5 Å². The van der Waals surface area contributed by atoms with Gasteiger partial charge < -0.3 is 0 Å². The van der Waals surface area contributed by atoms with Crippen molar-refractivity contribution in [2.24, 2.45) is 0 Å². The van der Waals surface area contributed by atoms with E-state index in [0.717, 1.165) is 0 Å². The Hall–Kier alpha value is -1.98. The fourth-order valence-electron chi connectivity index (χ4n) is 1.82. The maximum Gasteiger partial charge on any atom is 0.417 e. The molecule has 2 rings (SSSR count). The quantitative estimate of drug-likeness (QED) is 0.618. The molecular weight excluding hydrogens is 282 g/mol. The topological polar surface area (TPSA) is 0 Å². The monoisotopic (exact) mass is 290 g/mol. The zero-order valence-electron chi connectivity index (χ0n) is 9.89. The first-order chi connectivity index (χ1) is 9.19. The molecule has 0 aliphatic heterocycles. The molecule has 0 spiro atoms. The summed E-state index contributed by atoms with van der Waals surface area (Å²) in [5, 5.41) is 0. The molecule has 0 saturated heterocycles. The molecule has 2 aromatic rings. The summed E-state index contributed by atoms with van der Waals surface area (Å²) < 4.78 is 76.5. The molecule has 20 heavy (non-hydrogen) atoms. The molecule has 0 unspecified atom stereocenters. The lowest BCUT2D eigenvalue weighted by molar-refractivity contribution is -0.141. The summed E-state index contributed by atoms with van der Waals surface area (Å²) >= 11 is 0. The van der Waals surface area contributed by atoms with Crippen LogP contribution in [0.25, 0.3) is 11.1 Å². The molecule has 0 amide bonds. The third-order valence-corrected chi connectivity index (χ3v) is 2.74. The van der Waals surface area contributed by atoms with E-state index in [2.05, 4.69) is 0 Å². The van der Waals surface area contributed by atoms with E-state index >= 15 is 0 Å². The van der Waals surface area contributed by atoms with Gasteiger partial charge in [0.1, 0.15) is 0 Å². The highest BCUT2D eigenvalue weighted by atomic mass is 19.4. The van der Waals surface area contributed by atoms with E-state index in [9.17, 15) is 26.3 Å². The van der Waals surface area contributed by atoms with Crippen molar-refractivity contribution < 1.29 is 26.3 Å². The number of rotatable bonds is 1. The van der Waals surface area contributed by atoms with Crippen LogP contribution in [0.3, 0.4) is 0 Å². The normalized spacial score (nSPS) is 12.5. The van der Waals surface area contributed by atoms with Crippen LogP contribution in [0.4, 0.5) is 26.3 Å². The number of halogens is 6. The number of alkyl halides is 6. The first-order valence-electron chi connectivity index (χ1n) is 5.53. The van der Waals surface area contributed by atoms with Gasteiger partial charge in [-0.25, -0.2) is 0 Å². The Morgan fingerprint density at radius 3 is 1.75 bits per heavy atom. The van der Waals surface area contributed by atoms with Crippen molar-refractivity contribution in [2.45, 2.75) is 12.4 Å². The Morgan fingerprint density at radius 1 is 0.650 bits per heavy atom. The van der Waals surface area contributed by atoms with E-state index in [1.165, 1.54) is 24.3 Å². The van der Waals surface area contributed by atoms with E-state index in [0.29, 0.717) is 18.2 Å². The highest BCUT2D eigenvalue weighted by Gasteiger charge is 2.37. The van der Waals surface area contributed by atoms with Crippen molar-refractivity contribution in [1.82, 2.24) is 0 Å². The SMILES string of the molecule is FC(F)(F)c1ccc(C(F)(F)F)c(-c2ccccc2)c1. The molecule has 0 aliphatic carbocycles. The largest absolute Gasteiger partial charge is 0.417 e. The predicted molar refractivity (Wildman–Crippen MR) is 61.9 cm³/mol. The minimum Gasteiger partial charge on any atom is -0.166 e. The molecule has 106 valence electrons. The van der Waals surface area contributed by atoms with Crippen molar-refractivity contribution in [2.75, 3.05) is 0 Å². The Kier molecular flexibility index (Phi) is 3.50. The van der Waals surface area contributed by atoms with Crippen LogP contribution in [-0.2, 0) is 12.4 Å². The summed E-state index contributed by atoms with van der Waals surface area (Å²) in [6, 6.07) is 8.61. The van der Waals surface area contributed by atoms with E-state index < -0.39 is 29.0 Å².